The smallest absolute Gasteiger partial charge is 0.457 e. The van der Waals surface area contributed by atoms with Crippen LogP contribution < -0.4 is 0 Å². The second-order valence-electron chi connectivity index (χ2n) is 17.1. The third kappa shape index (κ3) is 44.8. The quantitative estimate of drug-likeness (QED) is 0.0233. The largest absolute Gasteiger partial charge is 0.472 e. The third-order valence-corrected chi connectivity index (χ3v) is 12.1. The molecule has 11 heteroatoms. The summed E-state index contributed by atoms with van der Waals surface area (Å²) in [5, 5.41) is 19.2. The van der Waals surface area contributed by atoms with E-state index < -0.39 is 58.4 Å². The molecule has 0 heterocycles. The minimum absolute atomic E-state index is 0.192. The van der Waals surface area contributed by atoms with Crippen molar-refractivity contribution < 1.29 is 47.8 Å². The molecule has 0 aromatic carbocycles. The fraction of sp³-hybridized carbons (Fsp3) is 0.880. The Bertz CT molecular complexity index is 989. The van der Waals surface area contributed by atoms with Gasteiger partial charge in [-0.25, -0.2) is 4.57 Å². The Labute approximate surface area is 374 Å². The van der Waals surface area contributed by atoms with Crippen LogP contribution in [0.5, 0.6) is 0 Å². The molecule has 0 saturated carbocycles. The van der Waals surface area contributed by atoms with E-state index in [1.54, 1.807) is 0 Å². The van der Waals surface area contributed by atoms with Crippen LogP contribution in [-0.2, 0) is 32.7 Å². The fourth-order valence-corrected chi connectivity index (χ4v) is 8.01. The van der Waals surface area contributed by atoms with Crippen LogP contribution in [0.2, 0.25) is 0 Å². The highest BCUT2D eigenvalue weighted by Crippen LogP contribution is 2.43. The van der Waals surface area contributed by atoms with Gasteiger partial charge in [0.05, 0.1) is 26.4 Å². The molecule has 0 aromatic heterocycles. The summed E-state index contributed by atoms with van der Waals surface area (Å²) in [6.07, 6.45) is 48.6. The normalized spacial score (nSPS) is 13.9. The van der Waals surface area contributed by atoms with Crippen LogP contribution in [0.4, 0.5) is 0 Å². The van der Waals surface area contributed by atoms with Crippen LogP contribution in [0.15, 0.2) is 24.3 Å². The number of carbonyl (C=O) groups is 2. The lowest BCUT2D eigenvalue weighted by atomic mass is 10.1. The van der Waals surface area contributed by atoms with Crippen LogP contribution in [0.3, 0.4) is 0 Å². The van der Waals surface area contributed by atoms with Gasteiger partial charge in [0.2, 0.25) is 0 Å². The van der Waals surface area contributed by atoms with E-state index in [0.717, 1.165) is 38.5 Å². The van der Waals surface area contributed by atoms with Crippen LogP contribution in [0, 0.1) is 0 Å². The molecule has 0 aliphatic carbocycles. The average Bonchev–Trinajstić information content (AvgIpc) is 3.25. The van der Waals surface area contributed by atoms with Crippen molar-refractivity contribution in [2.24, 2.45) is 0 Å². The zero-order valence-electron chi connectivity index (χ0n) is 39.4. The van der Waals surface area contributed by atoms with Crippen LogP contribution in [0.1, 0.15) is 245 Å². The predicted molar refractivity (Wildman–Crippen MR) is 252 cm³/mol. The summed E-state index contributed by atoms with van der Waals surface area (Å²) < 4.78 is 32.7. The maximum atomic E-state index is 12.4. The first kappa shape index (κ1) is 59.5. The van der Waals surface area contributed by atoms with Crippen molar-refractivity contribution in [2.45, 2.75) is 257 Å². The van der Waals surface area contributed by atoms with Crippen LogP contribution in [0.25, 0.3) is 0 Å². The van der Waals surface area contributed by atoms with Gasteiger partial charge in [0.25, 0.3) is 0 Å². The maximum absolute atomic E-state index is 12.4. The fourth-order valence-electron chi connectivity index (χ4n) is 7.22. The predicted octanol–water partition coefficient (Wildman–Crippen LogP) is 14.1. The molecule has 61 heavy (non-hydrogen) atoms. The van der Waals surface area contributed by atoms with E-state index in [1.807, 2.05) is 0 Å². The topological polar surface area (TPSA) is 149 Å². The Hall–Kier alpha value is -1.55. The standard InChI is InChI=1S/C50H95O10P/c1-3-5-7-9-11-13-15-17-19-21-23-25-27-29-31-33-35-37-39-41-49(53)59-47(43-51)45-57-61(55,56)58-46-48(44-52)60-50(54)42-40-38-36-34-32-30-28-26-24-22-20-18-16-14-12-10-8-6-4-2/h17-20,47-48,51-52H,3-16,21-46H2,1-2H3,(H,55,56)/b19-17-,20-18-. The number of aliphatic hydroxyl groups is 2. The van der Waals surface area contributed by atoms with E-state index in [-0.39, 0.29) is 12.8 Å². The van der Waals surface area contributed by atoms with Crippen molar-refractivity contribution in [2.75, 3.05) is 26.4 Å². The molecule has 0 aromatic rings. The van der Waals surface area contributed by atoms with Crippen molar-refractivity contribution in [3.05, 3.63) is 24.3 Å². The van der Waals surface area contributed by atoms with E-state index in [0.29, 0.717) is 12.8 Å². The summed E-state index contributed by atoms with van der Waals surface area (Å²) >= 11 is 0. The number of unbranched alkanes of at least 4 members (excludes halogenated alkanes) is 30. The lowest BCUT2D eigenvalue weighted by Gasteiger charge is -2.20. The first-order valence-electron chi connectivity index (χ1n) is 25.3. The molecule has 10 nitrogen and oxygen atoms in total. The average molecular weight is 887 g/mol. The van der Waals surface area contributed by atoms with E-state index in [1.165, 1.54) is 167 Å². The Kier molecular flexibility index (Phi) is 45.3. The first-order valence-corrected chi connectivity index (χ1v) is 26.8. The molecule has 2 atom stereocenters. The highest BCUT2D eigenvalue weighted by atomic mass is 31.2. The van der Waals surface area contributed by atoms with Gasteiger partial charge in [-0.1, -0.05) is 192 Å². The Morgan fingerprint density at radius 2 is 0.672 bits per heavy atom. The maximum Gasteiger partial charge on any atom is 0.472 e. The number of allylic oxidation sites excluding steroid dienone is 4. The van der Waals surface area contributed by atoms with Crippen LogP contribution in [-0.4, -0.2) is 65.7 Å². The van der Waals surface area contributed by atoms with Crippen LogP contribution >= 0.6 is 7.82 Å². The number of ether oxygens (including phenoxy) is 2. The van der Waals surface area contributed by atoms with Crippen molar-refractivity contribution in [3.63, 3.8) is 0 Å². The van der Waals surface area contributed by atoms with Gasteiger partial charge in [-0.3, -0.25) is 18.6 Å². The number of phosphoric acid groups is 1. The summed E-state index contributed by atoms with van der Waals surface area (Å²) in [5.41, 5.74) is 0. The number of phosphoric ester groups is 1. The van der Waals surface area contributed by atoms with Gasteiger partial charge < -0.3 is 24.6 Å². The molecule has 0 aliphatic rings. The summed E-state index contributed by atoms with van der Waals surface area (Å²) in [4.78, 5) is 34.7. The summed E-state index contributed by atoms with van der Waals surface area (Å²) in [5.74, 6) is -1.01. The van der Waals surface area contributed by atoms with Gasteiger partial charge in [-0.15, -0.1) is 0 Å². The monoisotopic (exact) mass is 887 g/mol. The number of esters is 2. The molecule has 0 rings (SSSR count). The lowest BCUT2D eigenvalue weighted by Crippen LogP contribution is -2.28. The molecule has 0 saturated heterocycles. The third-order valence-electron chi connectivity index (χ3n) is 11.1. The number of aliphatic hydroxyl groups excluding tert-OH is 2. The molecule has 2 unspecified atom stereocenters. The van der Waals surface area contributed by atoms with Crippen molar-refractivity contribution in [1.82, 2.24) is 0 Å². The van der Waals surface area contributed by atoms with Gasteiger partial charge in [0, 0.05) is 12.8 Å². The molecular weight excluding hydrogens is 792 g/mol. The first-order chi connectivity index (χ1) is 29.8. The Morgan fingerprint density at radius 1 is 0.426 bits per heavy atom. The molecule has 0 spiro atoms. The van der Waals surface area contributed by atoms with E-state index >= 15 is 0 Å². The molecular formula is C50H95O10P. The number of rotatable bonds is 48. The highest BCUT2D eigenvalue weighted by Gasteiger charge is 2.27. The number of hydrogen-bond acceptors (Lipinski definition) is 9. The molecule has 0 amide bonds. The van der Waals surface area contributed by atoms with Gasteiger partial charge in [-0.05, 0) is 64.2 Å². The highest BCUT2D eigenvalue weighted by molar-refractivity contribution is 7.47. The lowest BCUT2D eigenvalue weighted by molar-refractivity contribution is -0.153. The van der Waals surface area contributed by atoms with Crippen molar-refractivity contribution in [1.29, 1.82) is 0 Å². The van der Waals surface area contributed by atoms with Gasteiger partial charge >= 0.3 is 19.8 Å². The second kappa shape index (κ2) is 46.4. The molecule has 0 fully saturated rings. The van der Waals surface area contributed by atoms with E-state index in [9.17, 15) is 29.3 Å². The number of carbonyl (C=O) groups excluding carboxylic acids is 2. The SMILES string of the molecule is CCCCCCCC/C=C\CCCCCCCCCCCC(=O)OC(CO)COP(=O)(O)OCC(CO)OC(=O)CCCCCCCCCCC/C=C\CCCCCCCC. The summed E-state index contributed by atoms with van der Waals surface area (Å²) in [7, 11) is -4.64. The molecule has 0 aliphatic heterocycles. The van der Waals surface area contributed by atoms with Gasteiger partial charge in [0.15, 0.2) is 0 Å². The van der Waals surface area contributed by atoms with E-state index in [2.05, 4.69) is 38.2 Å². The second-order valence-corrected chi connectivity index (χ2v) is 18.6. The van der Waals surface area contributed by atoms with Gasteiger partial charge in [-0.2, -0.15) is 0 Å². The van der Waals surface area contributed by atoms with Crippen molar-refractivity contribution >= 4 is 19.8 Å². The zero-order valence-corrected chi connectivity index (χ0v) is 40.3. The van der Waals surface area contributed by atoms with Gasteiger partial charge in [0.1, 0.15) is 12.2 Å². The van der Waals surface area contributed by atoms with E-state index in [4.69, 9.17) is 18.5 Å². The van der Waals surface area contributed by atoms with Crippen molar-refractivity contribution in [3.8, 4) is 0 Å². The molecule has 0 bridgehead atoms. The molecule has 360 valence electrons. The number of hydrogen-bond donors (Lipinski definition) is 3. The zero-order chi connectivity index (χ0) is 44.8. The minimum atomic E-state index is -4.64. The molecule has 0 radical (unpaired) electrons. The molecule has 3 N–H and O–H groups in total. The Balaban J connectivity index is 3.83. The Morgan fingerprint density at radius 3 is 0.934 bits per heavy atom. The summed E-state index contributed by atoms with van der Waals surface area (Å²) in [6, 6.07) is 0. The minimum Gasteiger partial charge on any atom is -0.457 e. The summed E-state index contributed by atoms with van der Waals surface area (Å²) in [6.45, 7) is 2.24.